The zero-order valence-electron chi connectivity index (χ0n) is 12.2. The Morgan fingerprint density at radius 3 is 2.95 bits per heavy atom. The molecule has 5 heteroatoms. The van der Waals surface area contributed by atoms with Crippen LogP contribution in [-0.2, 0) is 0 Å². The van der Waals surface area contributed by atoms with Crippen molar-refractivity contribution in [3.63, 3.8) is 0 Å². The van der Waals surface area contributed by atoms with Gasteiger partial charge in [-0.25, -0.2) is 0 Å². The van der Waals surface area contributed by atoms with Crippen LogP contribution in [0, 0.1) is 6.92 Å². The van der Waals surface area contributed by atoms with E-state index in [1.807, 2.05) is 19.2 Å². The van der Waals surface area contributed by atoms with Crippen molar-refractivity contribution in [3.8, 4) is 0 Å². The number of pyridine rings is 1. The Labute approximate surface area is 128 Å². The Hall–Kier alpha value is -1.85. The summed E-state index contributed by atoms with van der Waals surface area (Å²) in [6.45, 7) is 5.14. The van der Waals surface area contributed by atoms with Crippen molar-refractivity contribution in [2.75, 3.05) is 6.54 Å². The molecule has 3 rings (SSSR count). The summed E-state index contributed by atoms with van der Waals surface area (Å²) >= 11 is 1.46. The fourth-order valence-corrected chi connectivity index (χ4v) is 3.17. The van der Waals surface area contributed by atoms with Crippen LogP contribution in [0.15, 0.2) is 36.5 Å². The first-order chi connectivity index (χ1) is 10.3. The topological polar surface area (TPSA) is 50.7 Å². The third-order valence-electron chi connectivity index (χ3n) is 3.51. The van der Waals surface area contributed by atoms with Crippen LogP contribution in [0.4, 0.5) is 0 Å². The van der Waals surface area contributed by atoms with E-state index >= 15 is 0 Å². The molecule has 2 aromatic heterocycles. The molecular weight excluding hydrogens is 280 g/mol. The Morgan fingerprint density at radius 1 is 1.29 bits per heavy atom. The third kappa shape index (κ3) is 2.94. The number of hydrogen-bond donors (Lipinski definition) is 1. The zero-order chi connectivity index (χ0) is 14.7. The van der Waals surface area contributed by atoms with Crippen LogP contribution < -0.4 is 5.32 Å². The molecule has 0 aliphatic heterocycles. The van der Waals surface area contributed by atoms with Crippen molar-refractivity contribution in [3.05, 3.63) is 52.7 Å². The SMILES string of the molecule is CCCNC(c1ccc2cccnc2c1)c1snnc1C. The lowest BCUT2D eigenvalue weighted by Crippen LogP contribution is -2.23. The number of benzene rings is 1. The van der Waals surface area contributed by atoms with Gasteiger partial charge in [-0.1, -0.05) is 29.6 Å². The maximum atomic E-state index is 4.45. The summed E-state index contributed by atoms with van der Waals surface area (Å²) in [5.41, 5.74) is 3.23. The molecule has 1 N–H and O–H groups in total. The van der Waals surface area contributed by atoms with Gasteiger partial charge in [0.1, 0.15) is 0 Å². The number of aryl methyl sites for hydroxylation is 1. The number of aromatic nitrogens is 3. The summed E-state index contributed by atoms with van der Waals surface area (Å²) in [4.78, 5) is 5.63. The lowest BCUT2D eigenvalue weighted by atomic mass is 10.0. The Balaban J connectivity index is 2.03. The third-order valence-corrected chi connectivity index (χ3v) is 4.40. The van der Waals surface area contributed by atoms with Gasteiger partial charge in [-0.05, 0) is 49.1 Å². The van der Waals surface area contributed by atoms with Crippen molar-refractivity contribution in [1.29, 1.82) is 0 Å². The number of nitrogens with one attached hydrogen (secondary N) is 1. The first kappa shape index (κ1) is 14.1. The van der Waals surface area contributed by atoms with Crippen LogP contribution >= 0.6 is 11.5 Å². The van der Waals surface area contributed by atoms with Gasteiger partial charge in [0.25, 0.3) is 0 Å². The number of hydrogen-bond acceptors (Lipinski definition) is 5. The molecule has 0 radical (unpaired) electrons. The van der Waals surface area contributed by atoms with Crippen LogP contribution in [0.1, 0.15) is 35.5 Å². The molecule has 3 aromatic rings. The molecular formula is C16H18N4S. The minimum atomic E-state index is 0.136. The summed E-state index contributed by atoms with van der Waals surface area (Å²) in [5.74, 6) is 0. The van der Waals surface area contributed by atoms with Gasteiger partial charge < -0.3 is 5.32 Å². The summed E-state index contributed by atoms with van der Waals surface area (Å²) in [7, 11) is 0. The minimum absolute atomic E-state index is 0.136. The van der Waals surface area contributed by atoms with Crippen LogP contribution in [0.2, 0.25) is 0 Å². The van der Waals surface area contributed by atoms with Gasteiger partial charge in [-0.2, -0.15) is 0 Å². The summed E-state index contributed by atoms with van der Waals surface area (Å²) in [6, 6.07) is 10.6. The quantitative estimate of drug-likeness (QED) is 0.783. The molecule has 0 fully saturated rings. The van der Waals surface area contributed by atoms with Crippen LogP contribution in [0.3, 0.4) is 0 Å². The number of rotatable bonds is 5. The average molecular weight is 298 g/mol. The van der Waals surface area contributed by atoms with E-state index in [4.69, 9.17) is 0 Å². The minimum Gasteiger partial charge on any atom is -0.305 e. The number of fused-ring (bicyclic) bond motifs is 1. The molecule has 4 nitrogen and oxygen atoms in total. The van der Waals surface area contributed by atoms with E-state index in [1.54, 1.807) is 0 Å². The monoisotopic (exact) mass is 298 g/mol. The van der Waals surface area contributed by atoms with Gasteiger partial charge in [-0.3, -0.25) is 4.98 Å². The molecule has 1 aromatic carbocycles. The predicted molar refractivity (Wildman–Crippen MR) is 86.5 cm³/mol. The average Bonchev–Trinajstić information content (AvgIpc) is 2.94. The highest BCUT2D eigenvalue weighted by Crippen LogP contribution is 2.28. The molecule has 0 spiro atoms. The molecule has 0 aliphatic rings. The number of nitrogens with zero attached hydrogens (tertiary/aromatic N) is 3. The highest BCUT2D eigenvalue weighted by molar-refractivity contribution is 7.05. The molecule has 0 saturated heterocycles. The van der Waals surface area contributed by atoms with Crippen molar-refractivity contribution < 1.29 is 0 Å². The Morgan fingerprint density at radius 2 is 2.19 bits per heavy atom. The molecule has 0 saturated carbocycles. The van der Waals surface area contributed by atoms with Gasteiger partial charge in [0, 0.05) is 11.6 Å². The molecule has 1 unspecified atom stereocenters. The van der Waals surface area contributed by atoms with Crippen molar-refractivity contribution in [2.24, 2.45) is 0 Å². The first-order valence-corrected chi connectivity index (χ1v) is 7.94. The smallest absolute Gasteiger partial charge is 0.0776 e. The highest BCUT2D eigenvalue weighted by Gasteiger charge is 2.19. The highest BCUT2D eigenvalue weighted by atomic mass is 32.1. The van der Waals surface area contributed by atoms with Crippen LogP contribution in [0.5, 0.6) is 0 Å². The van der Waals surface area contributed by atoms with Gasteiger partial charge in [0.05, 0.1) is 22.1 Å². The fraction of sp³-hybridized carbons (Fsp3) is 0.312. The summed E-state index contributed by atoms with van der Waals surface area (Å²) in [6.07, 6.45) is 2.92. The normalized spacial score (nSPS) is 12.7. The van der Waals surface area contributed by atoms with E-state index in [2.05, 4.69) is 51.1 Å². The zero-order valence-corrected chi connectivity index (χ0v) is 13.0. The lowest BCUT2D eigenvalue weighted by molar-refractivity contribution is 0.603. The molecule has 0 aliphatic carbocycles. The molecule has 21 heavy (non-hydrogen) atoms. The van der Waals surface area contributed by atoms with Crippen molar-refractivity contribution >= 4 is 22.4 Å². The molecule has 2 heterocycles. The molecule has 1 atom stereocenters. The largest absolute Gasteiger partial charge is 0.305 e. The molecule has 0 amide bonds. The van der Waals surface area contributed by atoms with Gasteiger partial charge in [0.2, 0.25) is 0 Å². The van der Waals surface area contributed by atoms with E-state index in [-0.39, 0.29) is 6.04 Å². The molecule has 108 valence electrons. The van der Waals surface area contributed by atoms with E-state index in [1.165, 1.54) is 22.0 Å². The summed E-state index contributed by atoms with van der Waals surface area (Å²) in [5, 5.41) is 8.90. The maximum absolute atomic E-state index is 4.45. The Bertz CT molecular complexity index is 738. The second-order valence-corrected chi connectivity index (χ2v) is 5.85. The van der Waals surface area contributed by atoms with E-state index in [0.717, 1.165) is 29.6 Å². The fourth-order valence-electron chi connectivity index (χ4n) is 2.42. The van der Waals surface area contributed by atoms with Gasteiger partial charge in [0.15, 0.2) is 0 Å². The van der Waals surface area contributed by atoms with Crippen LogP contribution in [0.25, 0.3) is 10.9 Å². The van der Waals surface area contributed by atoms with E-state index < -0.39 is 0 Å². The first-order valence-electron chi connectivity index (χ1n) is 7.16. The molecule has 0 bridgehead atoms. The van der Waals surface area contributed by atoms with Crippen molar-refractivity contribution in [2.45, 2.75) is 26.3 Å². The maximum Gasteiger partial charge on any atom is 0.0776 e. The summed E-state index contributed by atoms with van der Waals surface area (Å²) < 4.78 is 4.07. The van der Waals surface area contributed by atoms with Crippen molar-refractivity contribution in [1.82, 2.24) is 19.9 Å². The van der Waals surface area contributed by atoms with E-state index in [9.17, 15) is 0 Å². The lowest BCUT2D eigenvalue weighted by Gasteiger charge is -2.18. The Kier molecular flexibility index (Phi) is 4.22. The van der Waals surface area contributed by atoms with Crippen LogP contribution in [-0.4, -0.2) is 21.1 Å². The second kappa shape index (κ2) is 6.28. The van der Waals surface area contributed by atoms with E-state index in [0.29, 0.717) is 0 Å². The standard InChI is InChI=1S/C16H18N4S/c1-3-8-18-15(16-11(2)19-20-21-16)13-7-6-12-5-4-9-17-14(12)10-13/h4-7,9-10,15,18H,3,8H2,1-2H3. The second-order valence-electron chi connectivity index (χ2n) is 5.07. The van der Waals surface area contributed by atoms with Gasteiger partial charge in [-0.15, -0.1) is 5.10 Å². The predicted octanol–water partition coefficient (Wildman–Crippen LogP) is 3.48. The van der Waals surface area contributed by atoms with Gasteiger partial charge >= 0.3 is 0 Å².